The van der Waals surface area contributed by atoms with Crippen molar-refractivity contribution in [3.05, 3.63) is 52.0 Å². The SMILES string of the molecule is Cc1nc(NCCc2cccnc2)c2n[nH]c(=O)n2c1C. The van der Waals surface area contributed by atoms with Gasteiger partial charge in [-0.15, -0.1) is 5.10 Å². The predicted octanol–water partition coefficient (Wildman–Crippen LogP) is 1.08. The van der Waals surface area contributed by atoms with Crippen LogP contribution in [0.4, 0.5) is 5.82 Å². The third kappa shape index (κ3) is 2.49. The van der Waals surface area contributed by atoms with Gasteiger partial charge < -0.3 is 5.32 Å². The lowest BCUT2D eigenvalue weighted by Gasteiger charge is -2.09. The van der Waals surface area contributed by atoms with Crippen molar-refractivity contribution in [1.82, 2.24) is 24.6 Å². The van der Waals surface area contributed by atoms with Crippen LogP contribution in [0.5, 0.6) is 0 Å². The van der Waals surface area contributed by atoms with Crippen molar-refractivity contribution in [1.29, 1.82) is 0 Å². The Morgan fingerprint density at radius 1 is 1.38 bits per heavy atom. The van der Waals surface area contributed by atoms with Gasteiger partial charge in [-0.2, -0.15) is 0 Å². The summed E-state index contributed by atoms with van der Waals surface area (Å²) >= 11 is 0. The molecule has 3 aromatic heterocycles. The first kappa shape index (κ1) is 13.3. The number of pyridine rings is 1. The molecule has 0 unspecified atom stereocenters. The molecule has 2 N–H and O–H groups in total. The first-order valence-corrected chi connectivity index (χ1v) is 6.74. The smallest absolute Gasteiger partial charge is 0.348 e. The second kappa shape index (κ2) is 5.35. The minimum absolute atomic E-state index is 0.247. The molecular weight excluding hydrogens is 268 g/mol. The molecule has 0 atom stereocenters. The molecule has 0 aliphatic heterocycles. The fourth-order valence-electron chi connectivity index (χ4n) is 2.22. The summed E-state index contributed by atoms with van der Waals surface area (Å²) in [5.41, 5.74) is 3.01. The van der Waals surface area contributed by atoms with Crippen molar-refractivity contribution >= 4 is 11.5 Å². The molecule has 0 radical (unpaired) electrons. The molecule has 0 saturated carbocycles. The molecule has 3 aromatic rings. The van der Waals surface area contributed by atoms with Crippen LogP contribution in [0.25, 0.3) is 5.65 Å². The molecule has 0 bridgehead atoms. The Kier molecular flexibility index (Phi) is 3.39. The van der Waals surface area contributed by atoms with Crippen LogP contribution in [-0.4, -0.2) is 31.1 Å². The molecule has 21 heavy (non-hydrogen) atoms. The number of hydrogen-bond acceptors (Lipinski definition) is 5. The van der Waals surface area contributed by atoms with Crippen LogP contribution < -0.4 is 11.0 Å². The van der Waals surface area contributed by atoms with Crippen LogP contribution >= 0.6 is 0 Å². The van der Waals surface area contributed by atoms with Crippen molar-refractivity contribution < 1.29 is 0 Å². The molecule has 0 aromatic carbocycles. The summed E-state index contributed by atoms with van der Waals surface area (Å²) in [6, 6.07) is 3.94. The molecular formula is C14H16N6O. The van der Waals surface area contributed by atoms with Crippen molar-refractivity contribution in [2.45, 2.75) is 20.3 Å². The molecule has 7 heteroatoms. The highest BCUT2D eigenvalue weighted by Crippen LogP contribution is 2.14. The van der Waals surface area contributed by atoms with E-state index < -0.39 is 0 Å². The maximum absolute atomic E-state index is 11.8. The van der Waals surface area contributed by atoms with Gasteiger partial charge in [0.2, 0.25) is 5.65 Å². The third-order valence-electron chi connectivity index (χ3n) is 3.45. The van der Waals surface area contributed by atoms with E-state index in [1.165, 1.54) is 4.40 Å². The quantitative estimate of drug-likeness (QED) is 0.748. The number of aromatic nitrogens is 5. The van der Waals surface area contributed by atoms with Gasteiger partial charge in [-0.05, 0) is 31.9 Å². The van der Waals surface area contributed by atoms with Crippen LogP contribution in [-0.2, 0) is 6.42 Å². The van der Waals surface area contributed by atoms with Crippen molar-refractivity contribution in [3.63, 3.8) is 0 Å². The summed E-state index contributed by atoms with van der Waals surface area (Å²) in [7, 11) is 0. The molecule has 0 amide bonds. The molecule has 0 aliphatic carbocycles. The van der Waals surface area contributed by atoms with Gasteiger partial charge >= 0.3 is 5.69 Å². The highest BCUT2D eigenvalue weighted by molar-refractivity contribution is 5.63. The molecule has 3 rings (SSSR count). The topological polar surface area (TPSA) is 88.0 Å². The largest absolute Gasteiger partial charge is 0.367 e. The van der Waals surface area contributed by atoms with Gasteiger partial charge in [-0.25, -0.2) is 19.3 Å². The number of fused-ring (bicyclic) bond motifs is 1. The van der Waals surface area contributed by atoms with Crippen LogP contribution in [0, 0.1) is 13.8 Å². The van der Waals surface area contributed by atoms with E-state index in [9.17, 15) is 4.79 Å². The number of nitrogens with zero attached hydrogens (tertiary/aromatic N) is 4. The summed E-state index contributed by atoms with van der Waals surface area (Å²) in [6.07, 6.45) is 4.41. The number of aromatic amines is 1. The second-order valence-electron chi connectivity index (χ2n) is 4.86. The fraction of sp³-hybridized carbons (Fsp3) is 0.286. The van der Waals surface area contributed by atoms with Crippen molar-refractivity contribution in [2.24, 2.45) is 0 Å². The van der Waals surface area contributed by atoms with Crippen LogP contribution in [0.3, 0.4) is 0 Å². The van der Waals surface area contributed by atoms with E-state index in [1.54, 1.807) is 6.20 Å². The van der Waals surface area contributed by atoms with Crippen LogP contribution in [0.15, 0.2) is 29.3 Å². The highest BCUT2D eigenvalue weighted by atomic mass is 16.1. The van der Waals surface area contributed by atoms with Crippen LogP contribution in [0.2, 0.25) is 0 Å². The Morgan fingerprint density at radius 2 is 2.24 bits per heavy atom. The molecule has 0 fully saturated rings. The number of hydrogen-bond donors (Lipinski definition) is 2. The number of H-pyrrole nitrogens is 1. The zero-order chi connectivity index (χ0) is 14.8. The summed E-state index contributed by atoms with van der Waals surface area (Å²) < 4.78 is 1.54. The van der Waals surface area contributed by atoms with Crippen LogP contribution in [0.1, 0.15) is 17.0 Å². The zero-order valence-corrected chi connectivity index (χ0v) is 11.9. The highest BCUT2D eigenvalue weighted by Gasteiger charge is 2.12. The van der Waals surface area contributed by atoms with E-state index in [-0.39, 0.29) is 5.69 Å². The number of aryl methyl sites for hydroxylation is 2. The minimum Gasteiger partial charge on any atom is -0.367 e. The van der Waals surface area contributed by atoms with Crippen molar-refractivity contribution in [2.75, 3.05) is 11.9 Å². The summed E-state index contributed by atoms with van der Waals surface area (Å²) in [5, 5.41) is 9.73. The Labute approximate surface area is 121 Å². The first-order valence-electron chi connectivity index (χ1n) is 6.74. The fourth-order valence-corrected chi connectivity index (χ4v) is 2.22. The van der Waals surface area contributed by atoms with Gasteiger partial charge in [0.05, 0.1) is 5.69 Å². The van der Waals surface area contributed by atoms with Gasteiger partial charge in [0.25, 0.3) is 0 Å². The lowest BCUT2D eigenvalue weighted by atomic mass is 10.2. The average molecular weight is 284 g/mol. The second-order valence-corrected chi connectivity index (χ2v) is 4.86. The molecule has 0 spiro atoms. The molecule has 108 valence electrons. The first-order chi connectivity index (χ1) is 10.2. The zero-order valence-electron chi connectivity index (χ0n) is 11.9. The average Bonchev–Trinajstić information content (AvgIpc) is 2.88. The Balaban J connectivity index is 1.84. The molecule has 3 heterocycles. The maximum atomic E-state index is 11.8. The van der Waals surface area contributed by atoms with Gasteiger partial charge in [0.15, 0.2) is 5.82 Å². The Hall–Kier alpha value is -2.70. The van der Waals surface area contributed by atoms with Gasteiger partial charge in [0.1, 0.15) is 0 Å². The third-order valence-corrected chi connectivity index (χ3v) is 3.45. The predicted molar refractivity (Wildman–Crippen MR) is 79.5 cm³/mol. The Morgan fingerprint density at radius 3 is 3.00 bits per heavy atom. The monoisotopic (exact) mass is 284 g/mol. The van der Waals surface area contributed by atoms with E-state index in [2.05, 4.69) is 25.5 Å². The van der Waals surface area contributed by atoms with E-state index in [4.69, 9.17) is 0 Å². The standard InChI is InChI=1S/C14H16N6O/c1-9-10(2)20-13(18-19-14(20)21)12(17-9)16-7-5-11-4-3-6-15-8-11/h3-4,6,8H,5,7H2,1-2H3,(H,16,17)(H,19,21). The Bertz CT molecular complexity index is 821. The van der Waals surface area contributed by atoms with Crippen molar-refractivity contribution in [3.8, 4) is 0 Å². The summed E-state index contributed by atoms with van der Waals surface area (Å²) in [5.74, 6) is 0.611. The van der Waals surface area contributed by atoms with Gasteiger partial charge in [-0.3, -0.25) is 4.98 Å². The summed E-state index contributed by atoms with van der Waals surface area (Å²) in [6.45, 7) is 4.42. The minimum atomic E-state index is -0.247. The van der Waals surface area contributed by atoms with E-state index in [0.717, 1.165) is 23.4 Å². The molecule has 0 aliphatic rings. The van der Waals surface area contributed by atoms with E-state index in [1.807, 2.05) is 32.2 Å². The van der Waals surface area contributed by atoms with E-state index >= 15 is 0 Å². The number of nitrogens with one attached hydrogen (secondary N) is 2. The number of anilines is 1. The number of rotatable bonds is 4. The maximum Gasteiger partial charge on any atom is 0.348 e. The molecule has 7 nitrogen and oxygen atoms in total. The lowest BCUT2D eigenvalue weighted by molar-refractivity contribution is 0.937. The van der Waals surface area contributed by atoms with E-state index in [0.29, 0.717) is 18.0 Å². The van der Waals surface area contributed by atoms with Gasteiger partial charge in [-0.1, -0.05) is 6.07 Å². The van der Waals surface area contributed by atoms with Gasteiger partial charge in [0, 0.05) is 24.6 Å². The lowest BCUT2D eigenvalue weighted by Crippen LogP contribution is -2.16. The summed E-state index contributed by atoms with van der Waals surface area (Å²) in [4.78, 5) is 20.3. The molecule has 0 saturated heterocycles. The normalized spacial score (nSPS) is 11.0.